The lowest BCUT2D eigenvalue weighted by molar-refractivity contribution is 0.304. The molecule has 0 amide bonds. The van der Waals surface area contributed by atoms with E-state index in [2.05, 4.69) is 11.4 Å². The van der Waals surface area contributed by atoms with E-state index in [1.807, 2.05) is 12.1 Å². The zero-order valence-electron chi connectivity index (χ0n) is 12.0. The number of ether oxygens (including phenoxy) is 1. The summed E-state index contributed by atoms with van der Waals surface area (Å²) < 4.78 is 6.00. The molecule has 3 rings (SSSR count). The second-order valence-electron chi connectivity index (χ2n) is 6.09. The maximum atomic E-state index is 6.18. The molecule has 2 aliphatic rings. The predicted molar refractivity (Wildman–Crippen MR) is 83.8 cm³/mol. The predicted octanol–water partition coefficient (Wildman–Crippen LogP) is 4.52. The van der Waals surface area contributed by atoms with E-state index in [-0.39, 0.29) is 0 Å². The van der Waals surface area contributed by atoms with Gasteiger partial charge in [0.1, 0.15) is 12.4 Å². The molecule has 1 aromatic carbocycles. The monoisotopic (exact) mass is 293 g/mol. The Morgan fingerprint density at radius 1 is 1.10 bits per heavy atom. The Labute approximate surface area is 126 Å². The van der Waals surface area contributed by atoms with Crippen molar-refractivity contribution in [3.05, 3.63) is 28.8 Å². The van der Waals surface area contributed by atoms with Crippen LogP contribution in [0, 0.1) is 0 Å². The van der Waals surface area contributed by atoms with Crippen LogP contribution < -0.4 is 10.1 Å². The Morgan fingerprint density at radius 2 is 1.90 bits per heavy atom. The highest BCUT2D eigenvalue weighted by molar-refractivity contribution is 6.30. The lowest BCUT2D eigenvalue weighted by atomic mass is 9.84. The van der Waals surface area contributed by atoms with Crippen molar-refractivity contribution in [2.45, 2.75) is 56.9 Å². The fourth-order valence-electron chi connectivity index (χ4n) is 3.09. The lowest BCUT2D eigenvalue weighted by Crippen LogP contribution is -2.23. The third kappa shape index (κ3) is 3.89. The average molecular weight is 294 g/mol. The van der Waals surface area contributed by atoms with E-state index in [1.54, 1.807) is 0 Å². The minimum absolute atomic E-state index is 0.633. The third-order valence-electron chi connectivity index (χ3n) is 4.39. The van der Waals surface area contributed by atoms with E-state index >= 15 is 0 Å². The SMILES string of the molecule is Clc1ccc(OCCNC2CC2)c(C2CCCCC2)c1. The molecular formula is C17H24ClNO. The van der Waals surface area contributed by atoms with Gasteiger partial charge in [0, 0.05) is 17.6 Å². The standard InChI is InChI=1S/C17H24ClNO/c18-14-6-9-17(20-11-10-19-15-7-8-15)16(12-14)13-4-2-1-3-5-13/h6,9,12-13,15,19H,1-5,7-8,10-11H2. The van der Waals surface area contributed by atoms with Gasteiger partial charge in [-0.05, 0) is 55.4 Å². The van der Waals surface area contributed by atoms with Crippen LogP contribution in [0.2, 0.25) is 5.02 Å². The molecule has 0 saturated heterocycles. The topological polar surface area (TPSA) is 21.3 Å². The fourth-order valence-corrected chi connectivity index (χ4v) is 3.28. The molecule has 0 spiro atoms. The molecule has 20 heavy (non-hydrogen) atoms. The van der Waals surface area contributed by atoms with Crippen LogP contribution in [-0.2, 0) is 0 Å². The molecule has 0 aromatic heterocycles. The molecular weight excluding hydrogens is 270 g/mol. The van der Waals surface area contributed by atoms with Gasteiger partial charge >= 0.3 is 0 Å². The molecule has 110 valence electrons. The highest BCUT2D eigenvalue weighted by Gasteiger charge is 2.21. The van der Waals surface area contributed by atoms with E-state index in [4.69, 9.17) is 16.3 Å². The van der Waals surface area contributed by atoms with Crippen molar-refractivity contribution in [3.63, 3.8) is 0 Å². The number of benzene rings is 1. The molecule has 0 bridgehead atoms. The quantitative estimate of drug-likeness (QED) is 0.779. The summed E-state index contributed by atoms with van der Waals surface area (Å²) in [6, 6.07) is 6.85. The molecule has 0 atom stereocenters. The Morgan fingerprint density at radius 3 is 2.65 bits per heavy atom. The van der Waals surface area contributed by atoms with E-state index < -0.39 is 0 Å². The molecule has 2 saturated carbocycles. The molecule has 1 aromatic rings. The summed E-state index contributed by atoms with van der Waals surface area (Å²) in [5, 5.41) is 4.31. The van der Waals surface area contributed by atoms with Gasteiger partial charge in [-0.25, -0.2) is 0 Å². The van der Waals surface area contributed by atoms with Gasteiger partial charge in [0.05, 0.1) is 0 Å². The number of hydrogen-bond acceptors (Lipinski definition) is 2. The van der Waals surface area contributed by atoms with E-state index in [0.29, 0.717) is 5.92 Å². The van der Waals surface area contributed by atoms with E-state index in [1.165, 1.54) is 50.5 Å². The first-order valence-corrected chi connectivity index (χ1v) is 8.36. The molecule has 1 N–H and O–H groups in total. The maximum Gasteiger partial charge on any atom is 0.122 e. The molecule has 0 heterocycles. The first-order valence-electron chi connectivity index (χ1n) is 7.98. The van der Waals surface area contributed by atoms with Gasteiger partial charge in [-0.2, -0.15) is 0 Å². The zero-order chi connectivity index (χ0) is 13.8. The smallest absolute Gasteiger partial charge is 0.122 e. The van der Waals surface area contributed by atoms with Gasteiger partial charge in [-0.1, -0.05) is 30.9 Å². The van der Waals surface area contributed by atoms with Crippen LogP contribution in [0.3, 0.4) is 0 Å². The molecule has 3 heteroatoms. The zero-order valence-corrected chi connectivity index (χ0v) is 12.8. The second-order valence-corrected chi connectivity index (χ2v) is 6.53. The van der Waals surface area contributed by atoms with Crippen molar-refractivity contribution < 1.29 is 4.74 Å². The second kappa shape index (κ2) is 6.82. The van der Waals surface area contributed by atoms with Crippen LogP contribution in [0.4, 0.5) is 0 Å². The van der Waals surface area contributed by atoms with Crippen LogP contribution in [0.15, 0.2) is 18.2 Å². The van der Waals surface area contributed by atoms with Crippen molar-refractivity contribution in [3.8, 4) is 5.75 Å². The van der Waals surface area contributed by atoms with Crippen LogP contribution in [0.5, 0.6) is 5.75 Å². The van der Waals surface area contributed by atoms with Gasteiger partial charge in [0.15, 0.2) is 0 Å². The summed E-state index contributed by atoms with van der Waals surface area (Å²) in [4.78, 5) is 0. The fraction of sp³-hybridized carbons (Fsp3) is 0.647. The van der Waals surface area contributed by atoms with Crippen LogP contribution in [-0.4, -0.2) is 19.2 Å². The van der Waals surface area contributed by atoms with Crippen molar-refractivity contribution in [1.82, 2.24) is 5.32 Å². The molecule has 2 aliphatic carbocycles. The van der Waals surface area contributed by atoms with Crippen LogP contribution >= 0.6 is 11.6 Å². The normalized spacial score (nSPS) is 20.1. The highest BCUT2D eigenvalue weighted by atomic mass is 35.5. The Balaban J connectivity index is 1.61. The molecule has 0 unspecified atom stereocenters. The van der Waals surface area contributed by atoms with E-state index in [9.17, 15) is 0 Å². The Hall–Kier alpha value is -0.730. The first kappa shape index (κ1) is 14.2. The first-order chi connectivity index (χ1) is 9.83. The van der Waals surface area contributed by atoms with Crippen molar-refractivity contribution in [2.75, 3.05) is 13.2 Å². The Kier molecular flexibility index (Phi) is 4.85. The summed E-state index contributed by atoms with van der Waals surface area (Å²) in [7, 11) is 0. The third-order valence-corrected chi connectivity index (χ3v) is 4.62. The summed E-state index contributed by atoms with van der Waals surface area (Å²) >= 11 is 6.18. The van der Waals surface area contributed by atoms with Crippen molar-refractivity contribution in [1.29, 1.82) is 0 Å². The van der Waals surface area contributed by atoms with Crippen molar-refractivity contribution in [2.24, 2.45) is 0 Å². The molecule has 2 nitrogen and oxygen atoms in total. The van der Waals surface area contributed by atoms with E-state index in [0.717, 1.165) is 30.0 Å². The van der Waals surface area contributed by atoms with Gasteiger partial charge in [0.2, 0.25) is 0 Å². The largest absolute Gasteiger partial charge is 0.492 e. The van der Waals surface area contributed by atoms with Gasteiger partial charge in [0.25, 0.3) is 0 Å². The van der Waals surface area contributed by atoms with Crippen LogP contribution in [0.25, 0.3) is 0 Å². The van der Waals surface area contributed by atoms with Gasteiger partial charge in [-0.3, -0.25) is 0 Å². The average Bonchev–Trinajstić information content (AvgIpc) is 3.30. The number of nitrogens with one attached hydrogen (secondary N) is 1. The molecule has 2 fully saturated rings. The summed E-state index contributed by atoms with van der Waals surface area (Å²) in [6.45, 7) is 1.69. The summed E-state index contributed by atoms with van der Waals surface area (Å²) in [5.74, 6) is 1.67. The maximum absolute atomic E-state index is 6.18. The van der Waals surface area contributed by atoms with Crippen LogP contribution in [0.1, 0.15) is 56.4 Å². The number of rotatable bonds is 6. The molecule has 0 aliphatic heterocycles. The van der Waals surface area contributed by atoms with Gasteiger partial charge < -0.3 is 10.1 Å². The lowest BCUT2D eigenvalue weighted by Gasteiger charge is -2.24. The number of hydrogen-bond donors (Lipinski definition) is 1. The van der Waals surface area contributed by atoms with Gasteiger partial charge in [-0.15, -0.1) is 0 Å². The minimum atomic E-state index is 0.633. The number of halogens is 1. The summed E-state index contributed by atoms with van der Waals surface area (Å²) in [5.41, 5.74) is 1.32. The highest BCUT2D eigenvalue weighted by Crippen LogP contribution is 2.38. The Bertz CT molecular complexity index is 439. The summed E-state index contributed by atoms with van der Waals surface area (Å²) in [6.07, 6.45) is 9.24. The van der Waals surface area contributed by atoms with Crippen molar-refractivity contribution >= 4 is 11.6 Å². The minimum Gasteiger partial charge on any atom is -0.492 e. The molecule has 0 radical (unpaired) electrons.